The van der Waals surface area contributed by atoms with Gasteiger partial charge in [-0.25, -0.2) is 0 Å². The van der Waals surface area contributed by atoms with Crippen LogP contribution in [-0.4, -0.2) is 35.8 Å². The van der Waals surface area contributed by atoms with E-state index in [0.717, 1.165) is 42.7 Å². The Morgan fingerprint density at radius 2 is 1.83 bits per heavy atom. The molecule has 0 saturated carbocycles. The van der Waals surface area contributed by atoms with Gasteiger partial charge in [-0.2, -0.15) is 0 Å². The Bertz CT molecular complexity index is 605. The Morgan fingerprint density at radius 3 is 2.38 bits per heavy atom. The molecule has 0 aromatic heterocycles. The second-order valence-corrected chi connectivity index (χ2v) is 7.07. The van der Waals surface area contributed by atoms with Gasteiger partial charge in [0.2, 0.25) is 11.8 Å². The molecule has 2 amide bonds. The number of nitrogens with zero attached hydrogens (tertiary/aromatic N) is 1. The Morgan fingerprint density at radius 1 is 1.21 bits per heavy atom. The van der Waals surface area contributed by atoms with Gasteiger partial charge < -0.3 is 11.1 Å². The Kier molecular flexibility index (Phi) is 5.99. The van der Waals surface area contributed by atoms with Crippen molar-refractivity contribution in [3.8, 4) is 0 Å². The van der Waals surface area contributed by atoms with E-state index < -0.39 is 0 Å². The summed E-state index contributed by atoms with van der Waals surface area (Å²) < 4.78 is 0. The Labute approximate surface area is 144 Å². The van der Waals surface area contributed by atoms with Crippen LogP contribution in [-0.2, 0) is 9.59 Å². The fourth-order valence-corrected chi connectivity index (χ4v) is 3.31. The molecule has 3 N–H and O–H groups in total. The SMILES string of the molecule is Cc1cccc(C(C)C)c1NC(=O)[C@@H](C)N1CCC(C(N)=O)CC1. The number of hydrogen-bond acceptors (Lipinski definition) is 3. The molecule has 1 fully saturated rings. The molecule has 1 aliphatic heterocycles. The molecule has 1 saturated heterocycles. The summed E-state index contributed by atoms with van der Waals surface area (Å²) >= 11 is 0. The third kappa shape index (κ3) is 4.15. The van der Waals surface area contributed by atoms with Crippen LogP contribution in [0.2, 0.25) is 0 Å². The number of nitrogens with two attached hydrogens (primary N) is 1. The number of anilines is 1. The highest BCUT2D eigenvalue weighted by Gasteiger charge is 2.29. The summed E-state index contributed by atoms with van der Waals surface area (Å²) in [5.74, 6) is 0.0687. The fourth-order valence-electron chi connectivity index (χ4n) is 3.31. The second kappa shape index (κ2) is 7.79. The van der Waals surface area contributed by atoms with Gasteiger partial charge in [0.05, 0.1) is 6.04 Å². The van der Waals surface area contributed by atoms with Crippen molar-refractivity contribution in [1.29, 1.82) is 0 Å². The van der Waals surface area contributed by atoms with Crippen LogP contribution < -0.4 is 11.1 Å². The standard InChI is InChI=1S/C19H29N3O2/c1-12(2)16-7-5-6-13(3)17(16)21-19(24)14(4)22-10-8-15(9-11-22)18(20)23/h5-7,12,14-15H,8-11H2,1-4H3,(H2,20,23)(H,21,24)/t14-/m1/s1. The molecule has 1 atom stereocenters. The first-order valence-electron chi connectivity index (χ1n) is 8.75. The summed E-state index contributed by atoms with van der Waals surface area (Å²) in [7, 11) is 0. The molecular weight excluding hydrogens is 302 g/mol. The maximum absolute atomic E-state index is 12.7. The summed E-state index contributed by atoms with van der Waals surface area (Å²) in [5.41, 5.74) is 8.54. The highest BCUT2D eigenvalue weighted by molar-refractivity contribution is 5.96. The molecule has 0 radical (unpaired) electrons. The molecule has 1 aromatic rings. The molecule has 2 rings (SSSR count). The normalized spacial score (nSPS) is 17.7. The number of benzene rings is 1. The lowest BCUT2D eigenvalue weighted by atomic mass is 9.95. The van der Waals surface area contributed by atoms with Crippen LogP contribution in [0, 0.1) is 12.8 Å². The summed E-state index contributed by atoms with van der Waals surface area (Å²) in [4.78, 5) is 26.1. The van der Waals surface area contributed by atoms with E-state index in [9.17, 15) is 9.59 Å². The van der Waals surface area contributed by atoms with Gasteiger partial charge >= 0.3 is 0 Å². The molecule has 24 heavy (non-hydrogen) atoms. The first-order valence-corrected chi connectivity index (χ1v) is 8.75. The number of aryl methyl sites for hydroxylation is 1. The summed E-state index contributed by atoms with van der Waals surface area (Å²) in [6, 6.07) is 5.89. The molecule has 0 spiro atoms. The molecule has 5 nitrogen and oxygen atoms in total. The van der Waals surface area contributed by atoms with Crippen molar-refractivity contribution in [2.75, 3.05) is 18.4 Å². The number of rotatable bonds is 5. The van der Waals surface area contributed by atoms with Crippen LogP contribution in [0.15, 0.2) is 18.2 Å². The third-order valence-corrected chi connectivity index (χ3v) is 5.03. The van der Waals surface area contributed by atoms with E-state index in [2.05, 4.69) is 30.1 Å². The number of nitrogens with one attached hydrogen (secondary N) is 1. The molecule has 1 aliphatic rings. The number of primary amides is 1. The average molecular weight is 331 g/mol. The van der Waals surface area contributed by atoms with Crippen LogP contribution >= 0.6 is 0 Å². The van der Waals surface area contributed by atoms with E-state index in [4.69, 9.17) is 5.73 Å². The Hall–Kier alpha value is -1.88. The van der Waals surface area contributed by atoms with Crippen LogP contribution in [0.3, 0.4) is 0 Å². The topological polar surface area (TPSA) is 75.4 Å². The lowest BCUT2D eigenvalue weighted by molar-refractivity contribution is -0.124. The number of amides is 2. The molecule has 132 valence electrons. The number of hydrogen-bond donors (Lipinski definition) is 2. The highest BCUT2D eigenvalue weighted by atomic mass is 16.2. The predicted octanol–water partition coefficient (Wildman–Crippen LogP) is 2.64. The van der Waals surface area contributed by atoms with E-state index >= 15 is 0 Å². The quantitative estimate of drug-likeness (QED) is 0.871. The zero-order valence-electron chi connectivity index (χ0n) is 15.1. The van der Waals surface area contributed by atoms with Gasteiger partial charge in [-0.15, -0.1) is 0 Å². The van der Waals surface area contributed by atoms with Gasteiger partial charge in [0.1, 0.15) is 0 Å². The van der Waals surface area contributed by atoms with Crippen LogP contribution in [0.4, 0.5) is 5.69 Å². The van der Waals surface area contributed by atoms with Gasteiger partial charge in [0.15, 0.2) is 0 Å². The van der Waals surface area contributed by atoms with Crippen molar-refractivity contribution in [3.05, 3.63) is 29.3 Å². The summed E-state index contributed by atoms with van der Waals surface area (Å²) in [6.45, 7) is 9.66. The Balaban J connectivity index is 2.04. The highest BCUT2D eigenvalue weighted by Crippen LogP contribution is 2.28. The minimum Gasteiger partial charge on any atom is -0.369 e. The largest absolute Gasteiger partial charge is 0.369 e. The van der Waals surface area contributed by atoms with Crippen molar-refractivity contribution in [2.24, 2.45) is 11.7 Å². The van der Waals surface area contributed by atoms with Crippen molar-refractivity contribution in [3.63, 3.8) is 0 Å². The zero-order valence-corrected chi connectivity index (χ0v) is 15.1. The van der Waals surface area contributed by atoms with Crippen molar-refractivity contribution < 1.29 is 9.59 Å². The second-order valence-electron chi connectivity index (χ2n) is 7.07. The van der Waals surface area contributed by atoms with Crippen LogP contribution in [0.25, 0.3) is 0 Å². The van der Waals surface area contributed by atoms with Gasteiger partial charge in [-0.05, 0) is 56.8 Å². The minimum atomic E-state index is -0.228. The molecule has 5 heteroatoms. The van der Waals surface area contributed by atoms with E-state index in [0.29, 0.717) is 5.92 Å². The van der Waals surface area contributed by atoms with E-state index in [1.165, 1.54) is 0 Å². The first-order chi connectivity index (χ1) is 11.3. The minimum absolute atomic E-state index is 0.00345. The molecular formula is C19H29N3O2. The van der Waals surface area contributed by atoms with E-state index in [-0.39, 0.29) is 23.8 Å². The van der Waals surface area contributed by atoms with E-state index in [1.54, 1.807) is 0 Å². The summed E-state index contributed by atoms with van der Waals surface area (Å²) in [5, 5.41) is 3.12. The first kappa shape index (κ1) is 18.5. The fraction of sp³-hybridized carbons (Fsp3) is 0.579. The maximum Gasteiger partial charge on any atom is 0.241 e. The smallest absolute Gasteiger partial charge is 0.241 e. The average Bonchev–Trinajstić information content (AvgIpc) is 2.55. The van der Waals surface area contributed by atoms with E-state index in [1.807, 2.05) is 26.0 Å². The van der Waals surface area contributed by atoms with Crippen molar-refractivity contribution in [2.45, 2.75) is 52.5 Å². The number of carbonyl (C=O) groups is 2. The molecule has 0 bridgehead atoms. The lowest BCUT2D eigenvalue weighted by Gasteiger charge is -2.34. The monoisotopic (exact) mass is 331 g/mol. The number of para-hydroxylation sites is 1. The molecule has 0 unspecified atom stereocenters. The molecule has 0 aliphatic carbocycles. The van der Waals surface area contributed by atoms with Gasteiger partial charge in [0.25, 0.3) is 0 Å². The zero-order chi connectivity index (χ0) is 17.9. The van der Waals surface area contributed by atoms with Crippen molar-refractivity contribution in [1.82, 2.24) is 4.90 Å². The number of carbonyl (C=O) groups excluding carboxylic acids is 2. The van der Waals surface area contributed by atoms with Crippen molar-refractivity contribution >= 4 is 17.5 Å². The summed E-state index contributed by atoms with van der Waals surface area (Å²) in [6.07, 6.45) is 1.46. The van der Waals surface area contributed by atoms with Gasteiger partial charge in [0, 0.05) is 11.6 Å². The third-order valence-electron chi connectivity index (χ3n) is 5.03. The van der Waals surface area contributed by atoms with Gasteiger partial charge in [-0.1, -0.05) is 32.0 Å². The predicted molar refractivity (Wildman–Crippen MR) is 96.9 cm³/mol. The molecule has 1 aromatic carbocycles. The number of piperidine rings is 1. The van der Waals surface area contributed by atoms with Gasteiger partial charge in [-0.3, -0.25) is 14.5 Å². The van der Waals surface area contributed by atoms with Crippen LogP contribution in [0.5, 0.6) is 0 Å². The number of likely N-dealkylation sites (tertiary alicyclic amines) is 1. The maximum atomic E-state index is 12.7. The molecule has 1 heterocycles. The van der Waals surface area contributed by atoms with Crippen LogP contribution in [0.1, 0.15) is 50.7 Å². The lowest BCUT2D eigenvalue weighted by Crippen LogP contribution is -2.47.